The highest BCUT2D eigenvalue weighted by Crippen LogP contribution is 2.19. The molecule has 1 saturated carbocycles. The summed E-state index contributed by atoms with van der Waals surface area (Å²) in [5.41, 5.74) is 2.76. The van der Waals surface area contributed by atoms with Crippen LogP contribution in [0.25, 0.3) is 5.69 Å². The van der Waals surface area contributed by atoms with E-state index in [-0.39, 0.29) is 24.1 Å². The van der Waals surface area contributed by atoms with Gasteiger partial charge in [0, 0.05) is 19.1 Å². The van der Waals surface area contributed by atoms with Crippen LogP contribution in [0.3, 0.4) is 0 Å². The Labute approximate surface area is 172 Å². The molecule has 2 N–H and O–H groups in total. The lowest BCUT2D eigenvalue weighted by atomic mass is 10.1. The van der Waals surface area contributed by atoms with E-state index in [0.29, 0.717) is 23.8 Å². The Balaban J connectivity index is 0.00000280. The Hall–Kier alpha value is -1.92. The second-order valence-electron chi connectivity index (χ2n) is 7.33. The maximum Gasteiger partial charge on any atom is 0.255 e. The highest BCUT2D eigenvalue weighted by Gasteiger charge is 2.19. The van der Waals surface area contributed by atoms with E-state index in [4.69, 9.17) is 0 Å². The molecule has 0 atom stereocenters. The lowest BCUT2D eigenvalue weighted by Gasteiger charge is -2.16. The van der Waals surface area contributed by atoms with Crippen LogP contribution in [0.2, 0.25) is 0 Å². The fourth-order valence-corrected chi connectivity index (χ4v) is 3.83. The molecule has 154 valence electrons. The van der Waals surface area contributed by atoms with E-state index in [1.54, 1.807) is 16.8 Å². The zero-order valence-corrected chi connectivity index (χ0v) is 17.4. The maximum absolute atomic E-state index is 13.1. The van der Waals surface area contributed by atoms with Crippen LogP contribution in [0.5, 0.6) is 0 Å². The van der Waals surface area contributed by atoms with Crippen molar-refractivity contribution < 1.29 is 9.18 Å². The first-order valence-corrected chi connectivity index (χ1v) is 9.90. The number of rotatable bonds is 6. The number of hydrogen-bond donors (Lipinski definition) is 2. The fourth-order valence-electron chi connectivity index (χ4n) is 3.83. The van der Waals surface area contributed by atoms with E-state index in [0.717, 1.165) is 17.9 Å². The zero-order chi connectivity index (χ0) is 19.2. The van der Waals surface area contributed by atoms with Gasteiger partial charge in [0.15, 0.2) is 0 Å². The van der Waals surface area contributed by atoms with Gasteiger partial charge in [0.2, 0.25) is 0 Å². The molecule has 0 saturated heterocycles. The van der Waals surface area contributed by atoms with Crippen LogP contribution in [0.1, 0.15) is 60.3 Å². The second kappa shape index (κ2) is 10.6. The van der Waals surface area contributed by atoms with Crippen LogP contribution < -0.4 is 10.6 Å². The first-order valence-electron chi connectivity index (χ1n) is 9.90. The minimum absolute atomic E-state index is 0. The largest absolute Gasteiger partial charge is 0.351 e. The van der Waals surface area contributed by atoms with Gasteiger partial charge in [-0.2, -0.15) is 5.10 Å². The number of hydrogen-bond acceptors (Lipinski definition) is 3. The molecule has 1 aromatic carbocycles. The van der Waals surface area contributed by atoms with Crippen LogP contribution >= 0.6 is 12.4 Å². The number of carbonyl (C=O) groups excluding carboxylic acids is 1. The van der Waals surface area contributed by atoms with Gasteiger partial charge in [0.1, 0.15) is 5.82 Å². The van der Waals surface area contributed by atoms with Crippen molar-refractivity contribution >= 4 is 18.3 Å². The normalized spacial score (nSPS) is 15.0. The van der Waals surface area contributed by atoms with E-state index in [1.165, 1.54) is 50.7 Å². The van der Waals surface area contributed by atoms with Crippen molar-refractivity contribution in [3.8, 4) is 5.69 Å². The summed E-state index contributed by atoms with van der Waals surface area (Å²) in [4.78, 5) is 12.6. The lowest BCUT2D eigenvalue weighted by Crippen LogP contribution is -2.37. The van der Waals surface area contributed by atoms with Crippen molar-refractivity contribution in [1.29, 1.82) is 0 Å². The average molecular weight is 409 g/mol. The number of halogens is 2. The highest BCUT2D eigenvalue weighted by atomic mass is 35.5. The summed E-state index contributed by atoms with van der Waals surface area (Å²) in [6.07, 6.45) is 7.74. The molecule has 1 amide bonds. The van der Waals surface area contributed by atoms with Gasteiger partial charge < -0.3 is 10.6 Å². The summed E-state index contributed by atoms with van der Waals surface area (Å²) >= 11 is 0. The molecule has 0 aliphatic heterocycles. The van der Waals surface area contributed by atoms with Crippen molar-refractivity contribution in [2.24, 2.45) is 0 Å². The summed E-state index contributed by atoms with van der Waals surface area (Å²) < 4.78 is 14.8. The van der Waals surface area contributed by atoms with Gasteiger partial charge in [-0.15, -0.1) is 12.4 Å². The molecule has 0 bridgehead atoms. The maximum atomic E-state index is 13.1. The Morgan fingerprint density at radius 3 is 2.39 bits per heavy atom. The summed E-state index contributed by atoms with van der Waals surface area (Å²) in [5.74, 6) is -0.402. The molecule has 1 aliphatic rings. The van der Waals surface area contributed by atoms with Crippen LogP contribution in [-0.2, 0) is 0 Å². The molecular formula is C21H30ClFN4O. The molecule has 7 heteroatoms. The molecular weight excluding hydrogens is 379 g/mol. The lowest BCUT2D eigenvalue weighted by molar-refractivity contribution is 0.0952. The first kappa shape index (κ1) is 22.4. The Morgan fingerprint density at radius 2 is 1.75 bits per heavy atom. The van der Waals surface area contributed by atoms with Crippen molar-refractivity contribution in [3.63, 3.8) is 0 Å². The average Bonchev–Trinajstić information content (AvgIpc) is 2.82. The number of benzene rings is 1. The first-order chi connectivity index (χ1) is 13.1. The van der Waals surface area contributed by atoms with E-state index in [9.17, 15) is 9.18 Å². The van der Waals surface area contributed by atoms with Crippen molar-refractivity contribution in [2.75, 3.05) is 13.1 Å². The standard InChI is InChI=1S/C21H29FN4O.ClH/c1-15-20(16(2)26(25-15)19-11-9-17(22)10-12-19)21(27)24-14-13-23-18-7-5-3-4-6-8-18;/h9-12,18,23H,3-8,13-14H2,1-2H3,(H,24,27);1H. The molecule has 1 fully saturated rings. The number of carbonyl (C=O) groups is 1. The Kier molecular flexibility index (Phi) is 8.45. The summed E-state index contributed by atoms with van der Waals surface area (Å²) in [5, 5.41) is 11.0. The highest BCUT2D eigenvalue weighted by molar-refractivity contribution is 5.96. The minimum atomic E-state index is -0.292. The SMILES string of the molecule is Cc1nn(-c2ccc(F)cc2)c(C)c1C(=O)NCCNC1CCCCCC1.Cl. The smallest absolute Gasteiger partial charge is 0.255 e. The van der Waals surface area contributed by atoms with E-state index < -0.39 is 0 Å². The molecule has 1 aromatic heterocycles. The molecule has 0 spiro atoms. The van der Waals surface area contributed by atoms with Gasteiger partial charge in [-0.25, -0.2) is 9.07 Å². The fraction of sp³-hybridized carbons (Fsp3) is 0.524. The monoisotopic (exact) mass is 408 g/mol. The van der Waals surface area contributed by atoms with E-state index >= 15 is 0 Å². The van der Waals surface area contributed by atoms with Crippen LogP contribution in [-0.4, -0.2) is 34.8 Å². The van der Waals surface area contributed by atoms with Gasteiger partial charge >= 0.3 is 0 Å². The van der Waals surface area contributed by atoms with Crippen molar-refractivity contribution in [3.05, 3.63) is 47.0 Å². The van der Waals surface area contributed by atoms with Gasteiger partial charge in [0.25, 0.3) is 5.91 Å². The van der Waals surface area contributed by atoms with Gasteiger partial charge in [-0.05, 0) is 51.0 Å². The topological polar surface area (TPSA) is 59.0 Å². The summed E-state index contributed by atoms with van der Waals surface area (Å²) in [6, 6.07) is 6.68. The van der Waals surface area contributed by atoms with Gasteiger partial charge in [-0.3, -0.25) is 4.79 Å². The predicted molar refractivity (Wildman–Crippen MR) is 112 cm³/mol. The van der Waals surface area contributed by atoms with Gasteiger partial charge in [-0.1, -0.05) is 25.7 Å². The molecule has 1 aliphatic carbocycles. The summed E-state index contributed by atoms with van der Waals surface area (Å²) in [7, 11) is 0. The minimum Gasteiger partial charge on any atom is -0.351 e. The van der Waals surface area contributed by atoms with Gasteiger partial charge in [0.05, 0.1) is 22.6 Å². The van der Waals surface area contributed by atoms with Crippen molar-refractivity contribution in [2.45, 2.75) is 58.4 Å². The number of aromatic nitrogens is 2. The third-order valence-electron chi connectivity index (χ3n) is 5.29. The Bertz CT molecular complexity index is 767. The van der Waals surface area contributed by atoms with Crippen LogP contribution in [0.15, 0.2) is 24.3 Å². The molecule has 0 radical (unpaired) electrons. The molecule has 2 aromatic rings. The number of amides is 1. The number of aryl methyl sites for hydroxylation is 1. The third-order valence-corrected chi connectivity index (χ3v) is 5.29. The number of nitrogens with one attached hydrogen (secondary N) is 2. The molecule has 3 rings (SSSR count). The quantitative estimate of drug-likeness (QED) is 0.559. The molecule has 0 unspecified atom stereocenters. The van der Waals surface area contributed by atoms with Crippen LogP contribution in [0, 0.1) is 19.7 Å². The Morgan fingerprint density at radius 1 is 1.11 bits per heavy atom. The third kappa shape index (κ3) is 5.55. The predicted octanol–water partition coefficient (Wildman–Crippen LogP) is 4.09. The van der Waals surface area contributed by atoms with Crippen LogP contribution in [0.4, 0.5) is 4.39 Å². The zero-order valence-electron chi connectivity index (χ0n) is 16.6. The second-order valence-corrected chi connectivity index (χ2v) is 7.33. The van der Waals surface area contributed by atoms with Crippen molar-refractivity contribution in [1.82, 2.24) is 20.4 Å². The molecule has 28 heavy (non-hydrogen) atoms. The number of nitrogens with zero attached hydrogens (tertiary/aromatic N) is 2. The van der Waals surface area contributed by atoms with E-state index in [1.807, 2.05) is 13.8 Å². The van der Waals surface area contributed by atoms with E-state index in [2.05, 4.69) is 15.7 Å². The summed E-state index contributed by atoms with van der Waals surface area (Å²) in [6.45, 7) is 5.06. The molecule has 1 heterocycles. The molecule has 5 nitrogen and oxygen atoms in total.